The number of carbonyl (C=O) groups excluding carboxylic acids is 1. The Hall–Kier alpha value is -3.13. The summed E-state index contributed by atoms with van der Waals surface area (Å²) in [5.74, 6) is 0.366. The number of hydrogen-bond donors (Lipinski definition) is 0. The summed E-state index contributed by atoms with van der Waals surface area (Å²) in [5, 5.41) is 11.8. The first-order chi connectivity index (χ1) is 16.4. The largest absolute Gasteiger partial charge is 0.487 e. The molecule has 3 aromatic rings. The molecular weight excluding hydrogens is 477 g/mol. The van der Waals surface area contributed by atoms with Crippen LogP contribution in [0.4, 0.5) is 5.69 Å². The lowest BCUT2D eigenvalue weighted by Crippen LogP contribution is -2.48. The Kier molecular flexibility index (Phi) is 7.67. The van der Waals surface area contributed by atoms with Gasteiger partial charge in [0.1, 0.15) is 12.4 Å². The van der Waals surface area contributed by atoms with E-state index in [1.54, 1.807) is 12.1 Å². The third-order valence-corrected chi connectivity index (χ3v) is 6.40. The Morgan fingerprint density at radius 3 is 2.29 bits per heavy atom. The molecule has 0 bridgehead atoms. The van der Waals surface area contributed by atoms with E-state index in [-0.39, 0.29) is 23.2 Å². The van der Waals surface area contributed by atoms with Crippen LogP contribution in [0, 0.1) is 10.1 Å². The number of non-ortho nitro benzene ring substituents is 1. The molecule has 1 heterocycles. The summed E-state index contributed by atoms with van der Waals surface area (Å²) < 4.78 is 5.68. The van der Waals surface area contributed by atoms with Gasteiger partial charge in [-0.1, -0.05) is 53.5 Å². The highest BCUT2D eigenvalue weighted by atomic mass is 35.5. The van der Waals surface area contributed by atoms with E-state index in [9.17, 15) is 14.9 Å². The van der Waals surface area contributed by atoms with Gasteiger partial charge in [-0.05, 0) is 35.4 Å². The maximum Gasteiger partial charge on any atom is 0.271 e. The maximum atomic E-state index is 12.9. The molecule has 176 valence electrons. The van der Waals surface area contributed by atoms with Gasteiger partial charge >= 0.3 is 0 Å². The van der Waals surface area contributed by atoms with Gasteiger partial charge in [0, 0.05) is 55.4 Å². The lowest BCUT2D eigenvalue weighted by molar-refractivity contribution is -0.384. The Labute approximate surface area is 207 Å². The quantitative estimate of drug-likeness (QED) is 0.319. The van der Waals surface area contributed by atoms with Crippen molar-refractivity contribution in [3.8, 4) is 5.75 Å². The van der Waals surface area contributed by atoms with Crippen LogP contribution in [0.1, 0.15) is 21.5 Å². The molecule has 0 aliphatic carbocycles. The number of piperazine rings is 1. The fraction of sp³-hybridized carbons (Fsp3) is 0.240. The van der Waals surface area contributed by atoms with Crippen molar-refractivity contribution in [3.05, 3.63) is 104 Å². The molecule has 1 fully saturated rings. The first-order valence-corrected chi connectivity index (χ1v) is 11.6. The van der Waals surface area contributed by atoms with Crippen LogP contribution in [0.5, 0.6) is 5.75 Å². The van der Waals surface area contributed by atoms with Gasteiger partial charge in [-0.2, -0.15) is 0 Å². The molecule has 0 saturated carbocycles. The Bertz CT molecular complexity index is 1180. The van der Waals surface area contributed by atoms with E-state index in [1.807, 2.05) is 41.3 Å². The second-order valence-corrected chi connectivity index (χ2v) is 8.83. The van der Waals surface area contributed by atoms with Crippen LogP contribution in [0.3, 0.4) is 0 Å². The van der Waals surface area contributed by atoms with Crippen LogP contribution >= 0.6 is 23.2 Å². The van der Waals surface area contributed by atoms with Crippen LogP contribution < -0.4 is 4.74 Å². The summed E-state index contributed by atoms with van der Waals surface area (Å²) >= 11 is 12.3. The lowest BCUT2D eigenvalue weighted by Gasteiger charge is -2.35. The molecule has 9 heteroatoms. The highest BCUT2D eigenvalue weighted by molar-refractivity contribution is 6.32. The highest BCUT2D eigenvalue weighted by Gasteiger charge is 2.22. The zero-order valence-electron chi connectivity index (χ0n) is 18.3. The van der Waals surface area contributed by atoms with Gasteiger partial charge < -0.3 is 9.64 Å². The van der Waals surface area contributed by atoms with Crippen LogP contribution in [0.15, 0.2) is 66.7 Å². The predicted molar refractivity (Wildman–Crippen MR) is 132 cm³/mol. The van der Waals surface area contributed by atoms with Crippen molar-refractivity contribution >= 4 is 34.8 Å². The molecule has 0 radical (unpaired) electrons. The van der Waals surface area contributed by atoms with Crippen LogP contribution in [0.25, 0.3) is 0 Å². The van der Waals surface area contributed by atoms with Crippen molar-refractivity contribution in [2.75, 3.05) is 26.2 Å². The Balaban J connectivity index is 1.29. The van der Waals surface area contributed by atoms with Gasteiger partial charge in [-0.15, -0.1) is 0 Å². The van der Waals surface area contributed by atoms with Crippen LogP contribution in [-0.4, -0.2) is 46.8 Å². The first kappa shape index (κ1) is 24.0. The van der Waals surface area contributed by atoms with E-state index in [0.717, 1.165) is 35.8 Å². The standard InChI is InChI=1S/C25H23Cl2N3O4/c26-22-4-2-1-3-20(22)16-28-11-13-29(14-12-28)25(31)19-7-5-18(6-8-19)17-34-24-10-9-21(30(32)33)15-23(24)27/h1-10,15H,11-14,16-17H2. The number of hydrogen-bond acceptors (Lipinski definition) is 5. The zero-order chi connectivity index (χ0) is 24.1. The molecule has 3 aromatic carbocycles. The Morgan fingerprint density at radius 2 is 1.65 bits per heavy atom. The molecule has 1 aliphatic heterocycles. The summed E-state index contributed by atoms with van der Waals surface area (Å²) in [7, 11) is 0. The summed E-state index contributed by atoms with van der Waals surface area (Å²) in [6.45, 7) is 3.90. The van der Waals surface area contributed by atoms with Crippen molar-refractivity contribution in [1.29, 1.82) is 0 Å². The second-order valence-electron chi connectivity index (χ2n) is 8.02. The zero-order valence-corrected chi connectivity index (χ0v) is 19.8. The molecule has 0 unspecified atom stereocenters. The minimum Gasteiger partial charge on any atom is -0.487 e. The number of halogens is 2. The summed E-state index contributed by atoms with van der Waals surface area (Å²) in [6.07, 6.45) is 0. The van der Waals surface area contributed by atoms with Gasteiger partial charge in [0.05, 0.1) is 9.95 Å². The molecular formula is C25H23Cl2N3O4. The van der Waals surface area contributed by atoms with E-state index < -0.39 is 4.92 Å². The minimum atomic E-state index is -0.510. The predicted octanol–water partition coefficient (Wildman–Crippen LogP) is 5.44. The average molecular weight is 500 g/mol. The highest BCUT2D eigenvalue weighted by Crippen LogP contribution is 2.29. The monoisotopic (exact) mass is 499 g/mol. The van der Waals surface area contributed by atoms with Gasteiger partial charge in [0.25, 0.3) is 11.6 Å². The van der Waals surface area contributed by atoms with Gasteiger partial charge in [-0.3, -0.25) is 19.8 Å². The topological polar surface area (TPSA) is 75.9 Å². The average Bonchev–Trinajstić information content (AvgIpc) is 2.85. The van der Waals surface area contributed by atoms with E-state index in [0.29, 0.717) is 24.4 Å². The lowest BCUT2D eigenvalue weighted by atomic mass is 10.1. The number of rotatable bonds is 7. The minimum absolute atomic E-state index is 0.00303. The van der Waals surface area contributed by atoms with Gasteiger partial charge in [0.2, 0.25) is 0 Å². The van der Waals surface area contributed by atoms with E-state index in [4.69, 9.17) is 27.9 Å². The van der Waals surface area contributed by atoms with Gasteiger partial charge in [-0.25, -0.2) is 0 Å². The SMILES string of the molecule is O=C(c1ccc(COc2ccc([N+](=O)[O-])cc2Cl)cc1)N1CCN(Cc2ccccc2Cl)CC1. The van der Waals surface area contributed by atoms with Crippen LogP contribution in [-0.2, 0) is 13.2 Å². The normalized spacial score (nSPS) is 14.1. The fourth-order valence-corrected chi connectivity index (χ4v) is 4.21. The van der Waals surface area contributed by atoms with E-state index in [2.05, 4.69) is 4.90 Å². The third-order valence-electron chi connectivity index (χ3n) is 5.73. The van der Waals surface area contributed by atoms with Crippen molar-refractivity contribution in [2.24, 2.45) is 0 Å². The summed E-state index contributed by atoms with van der Waals surface area (Å²) in [5.41, 5.74) is 2.48. The van der Waals surface area contributed by atoms with Crippen molar-refractivity contribution < 1.29 is 14.5 Å². The number of amides is 1. The molecule has 34 heavy (non-hydrogen) atoms. The first-order valence-electron chi connectivity index (χ1n) is 10.8. The van der Waals surface area contributed by atoms with Crippen molar-refractivity contribution in [1.82, 2.24) is 9.80 Å². The summed E-state index contributed by atoms with van der Waals surface area (Å²) in [4.78, 5) is 27.4. The maximum absolute atomic E-state index is 12.9. The fourth-order valence-electron chi connectivity index (χ4n) is 3.78. The van der Waals surface area contributed by atoms with Crippen LogP contribution in [0.2, 0.25) is 10.0 Å². The molecule has 0 aromatic heterocycles. The van der Waals surface area contributed by atoms with Crippen molar-refractivity contribution in [3.63, 3.8) is 0 Å². The third kappa shape index (κ3) is 5.86. The number of nitrogens with zero attached hydrogens (tertiary/aromatic N) is 3. The van der Waals surface area contributed by atoms with Crippen molar-refractivity contribution in [2.45, 2.75) is 13.2 Å². The molecule has 1 amide bonds. The van der Waals surface area contributed by atoms with Gasteiger partial charge in [0.15, 0.2) is 0 Å². The molecule has 4 rings (SSSR count). The number of carbonyl (C=O) groups is 1. The summed E-state index contributed by atoms with van der Waals surface area (Å²) in [6, 6.07) is 19.1. The molecule has 1 saturated heterocycles. The molecule has 0 atom stereocenters. The number of nitro groups is 1. The molecule has 0 spiro atoms. The smallest absolute Gasteiger partial charge is 0.271 e. The molecule has 0 N–H and O–H groups in total. The second kappa shape index (κ2) is 10.9. The molecule has 1 aliphatic rings. The van der Waals surface area contributed by atoms with E-state index in [1.165, 1.54) is 18.2 Å². The van der Waals surface area contributed by atoms with E-state index >= 15 is 0 Å². The number of nitro benzene ring substituents is 1. The number of benzene rings is 3. The number of ether oxygens (including phenoxy) is 1. The Morgan fingerprint density at radius 1 is 0.941 bits per heavy atom. The molecule has 7 nitrogen and oxygen atoms in total.